The van der Waals surface area contributed by atoms with E-state index in [0.29, 0.717) is 12.2 Å². The predicted octanol–water partition coefficient (Wildman–Crippen LogP) is 1.73. The van der Waals surface area contributed by atoms with E-state index in [4.69, 9.17) is 15.7 Å². The number of amides is 1. The number of nitrogens with zero attached hydrogens (tertiary/aromatic N) is 1. The number of oxime groups is 1. The Morgan fingerprint density at radius 3 is 2.65 bits per heavy atom. The molecule has 1 aromatic carbocycles. The summed E-state index contributed by atoms with van der Waals surface area (Å²) < 4.78 is 5.51. The second-order valence-electron chi connectivity index (χ2n) is 4.45. The lowest BCUT2D eigenvalue weighted by molar-refractivity contribution is 0.0948. The van der Waals surface area contributed by atoms with Crippen molar-refractivity contribution in [2.45, 2.75) is 32.7 Å². The van der Waals surface area contributed by atoms with Gasteiger partial charge in [-0.3, -0.25) is 4.79 Å². The second kappa shape index (κ2) is 8.04. The first-order valence-corrected chi connectivity index (χ1v) is 6.59. The number of amidine groups is 1. The number of unbranched alkanes of at least 4 members (excludes halogenated alkanes) is 1. The summed E-state index contributed by atoms with van der Waals surface area (Å²) in [6.45, 7) is 4.40. The molecule has 0 aliphatic rings. The summed E-state index contributed by atoms with van der Waals surface area (Å²) in [5.41, 5.74) is 5.89. The maximum absolute atomic E-state index is 11.9. The van der Waals surface area contributed by atoms with Crippen molar-refractivity contribution in [2.24, 2.45) is 10.9 Å². The molecule has 110 valence electrons. The van der Waals surface area contributed by atoms with Gasteiger partial charge >= 0.3 is 0 Å². The predicted molar refractivity (Wildman–Crippen MR) is 77.2 cm³/mol. The van der Waals surface area contributed by atoms with E-state index in [-0.39, 0.29) is 11.7 Å². The van der Waals surface area contributed by atoms with Crippen LogP contribution < -0.4 is 15.8 Å². The third-order valence-electron chi connectivity index (χ3n) is 2.79. The minimum Gasteiger partial charge on any atom is -0.494 e. The first kappa shape index (κ1) is 15.8. The number of benzene rings is 1. The molecule has 0 aliphatic heterocycles. The zero-order valence-corrected chi connectivity index (χ0v) is 11.8. The molecule has 20 heavy (non-hydrogen) atoms. The van der Waals surface area contributed by atoms with Crippen molar-refractivity contribution < 1.29 is 14.7 Å². The second-order valence-corrected chi connectivity index (χ2v) is 4.45. The SMILES string of the molecule is CCCCOc1ccc(C(=O)NC(C)/C(N)=N/O)cc1. The third kappa shape index (κ3) is 4.79. The summed E-state index contributed by atoms with van der Waals surface area (Å²) in [6.07, 6.45) is 2.08. The Balaban J connectivity index is 2.57. The van der Waals surface area contributed by atoms with Gasteiger partial charge in [-0.15, -0.1) is 0 Å². The molecule has 0 radical (unpaired) electrons. The average molecular weight is 279 g/mol. The van der Waals surface area contributed by atoms with Gasteiger partial charge in [0, 0.05) is 5.56 Å². The van der Waals surface area contributed by atoms with Gasteiger partial charge in [0.15, 0.2) is 5.84 Å². The number of hydrogen-bond donors (Lipinski definition) is 3. The van der Waals surface area contributed by atoms with Gasteiger partial charge < -0.3 is 21.0 Å². The molecule has 0 heterocycles. The lowest BCUT2D eigenvalue weighted by atomic mass is 10.2. The largest absolute Gasteiger partial charge is 0.494 e. The Morgan fingerprint density at radius 2 is 2.10 bits per heavy atom. The summed E-state index contributed by atoms with van der Waals surface area (Å²) in [6, 6.07) is 6.32. The Morgan fingerprint density at radius 1 is 1.45 bits per heavy atom. The number of nitrogens with two attached hydrogens (primary N) is 1. The van der Waals surface area contributed by atoms with E-state index in [1.807, 2.05) is 0 Å². The summed E-state index contributed by atoms with van der Waals surface area (Å²) >= 11 is 0. The molecule has 1 atom stereocenters. The van der Waals surface area contributed by atoms with Gasteiger partial charge in [0.2, 0.25) is 0 Å². The van der Waals surface area contributed by atoms with Crippen molar-refractivity contribution in [3.8, 4) is 5.75 Å². The number of rotatable bonds is 7. The van der Waals surface area contributed by atoms with Crippen LogP contribution in [0.25, 0.3) is 0 Å². The first-order valence-electron chi connectivity index (χ1n) is 6.59. The van der Waals surface area contributed by atoms with E-state index in [2.05, 4.69) is 17.4 Å². The molecule has 0 spiro atoms. The highest BCUT2D eigenvalue weighted by Gasteiger charge is 2.12. The van der Waals surface area contributed by atoms with Gasteiger partial charge in [0.25, 0.3) is 5.91 Å². The minimum atomic E-state index is -0.534. The van der Waals surface area contributed by atoms with Crippen molar-refractivity contribution in [1.29, 1.82) is 0 Å². The van der Waals surface area contributed by atoms with Gasteiger partial charge in [-0.2, -0.15) is 0 Å². The molecule has 0 saturated heterocycles. The monoisotopic (exact) mass is 279 g/mol. The molecule has 1 unspecified atom stereocenters. The molecular formula is C14H21N3O3. The fraction of sp³-hybridized carbons (Fsp3) is 0.429. The van der Waals surface area contributed by atoms with Gasteiger partial charge in [-0.05, 0) is 37.6 Å². The van der Waals surface area contributed by atoms with Gasteiger partial charge in [-0.25, -0.2) is 0 Å². The summed E-state index contributed by atoms with van der Waals surface area (Å²) in [5.74, 6) is 0.404. The zero-order valence-electron chi connectivity index (χ0n) is 11.8. The van der Waals surface area contributed by atoms with Crippen LogP contribution in [0.2, 0.25) is 0 Å². The summed E-state index contributed by atoms with van der Waals surface area (Å²) in [7, 11) is 0. The van der Waals surface area contributed by atoms with Crippen molar-refractivity contribution >= 4 is 11.7 Å². The number of ether oxygens (including phenoxy) is 1. The number of hydrogen-bond acceptors (Lipinski definition) is 4. The molecule has 1 rings (SSSR count). The van der Waals surface area contributed by atoms with Crippen molar-refractivity contribution in [2.75, 3.05) is 6.61 Å². The van der Waals surface area contributed by atoms with E-state index < -0.39 is 6.04 Å². The Bertz CT molecular complexity index is 457. The van der Waals surface area contributed by atoms with Gasteiger partial charge in [0.1, 0.15) is 5.75 Å². The van der Waals surface area contributed by atoms with Crippen LogP contribution in [0, 0.1) is 0 Å². The van der Waals surface area contributed by atoms with Crippen LogP contribution in [-0.4, -0.2) is 29.6 Å². The topological polar surface area (TPSA) is 96.9 Å². The van der Waals surface area contributed by atoms with Crippen LogP contribution in [0.4, 0.5) is 0 Å². The van der Waals surface area contributed by atoms with Crippen LogP contribution in [0.1, 0.15) is 37.0 Å². The maximum atomic E-state index is 11.9. The van der Waals surface area contributed by atoms with Crippen LogP contribution in [0.15, 0.2) is 29.4 Å². The van der Waals surface area contributed by atoms with Crippen molar-refractivity contribution in [3.05, 3.63) is 29.8 Å². The standard InChI is InChI=1S/C14H21N3O3/c1-3-4-9-20-12-7-5-11(6-8-12)14(18)16-10(2)13(15)17-19/h5-8,10,19H,3-4,9H2,1-2H3,(H2,15,17)(H,16,18). The molecule has 0 aliphatic carbocycles. The van der Waals surface area contributed by atoms with Crippen LogP contribution in [0.3, 0.4) is 0 Å². The normalized spacial score (nSPS) is 12.8. The Labute approximate surface area is 118 Å². The molecule has 1 aromatic rings. The Kier molecular flexibility index (Phi) is 6.36. The fourth-order valence-electron chi connectivity index (χ4n) is 1.48. The van der Waals surface area contributed by atoms with Crippen LogP contribution >= 0.6 is 0 Å². The minimum absolute atomic E-state index is 0.0436. The average Bonchev–Trinajstić information content (AvgIpc) is 2.47. The summed E-state index contributed by atoms with van der Waals surface area (Å²) in [4.78, 5) is 11.9. The highest BCUT2D eigenvalue weighted by atomic mass is 16.5. The molecule has 4 N–H and O–H groups in total. The van der Waals surface area contributed by atoms with Crippen molar-refractivity contribution in [3.63, 3.8) is 0 Å². The lowest BCUT2D eigenvalue weighted by Gasteiger charge is -2.12. The molecule has 0 aromatic heterocycles. The molecule has 1 amide bonds. The van der Waals surface area contributed by atoms with Crippen LogP contribution in [0.5, 0.6) is 5.75 Å². The van der Waals surface area contributed by atoms with E-state index in [1.54, 1.807) is 31.2 Å². The number of carbonyl (C=O) groups excluding carboxylic acids is 1. The quantitative estimate of drug-likeness (QED) is 0.233. The molecule has 0 bridgehead atoms. The smallest absolute Gasteiger partial charge is 0.251 e. The highest BCUT2D eigenvalue weighted by molar-refractivity contribution is 5.98. The number of carbonyl (C=O) groups is 1. The first-order chi connectivity index (χ1) is 9.58. The molecule has 0 fully saturated rings. The molecule has 6 heteroatoms. The third-order valence-corrected chi connectivity index (χ3v) is 2.79. The van der Waals surface area contributed by atoms with Crippen LogP contribution in [-0.2, 0) is 0 Å². The molecular weight excluding hydrogens is 258 g/mol. The van der Waals surface area contributed by atoms with Gasteiger partial charge in [0.05, 0.1) is 12.6 Å². The van der Waals surface area contributed by atoms with Gasteiger partial charge in [-0.1, -0.05) is 18.5 Å². The summed E-state index contributed by atoms with van der Waals surface area (Å²) in [5, 5.41) is 14.0. The van der Waals surface area contributed by atoms with E-state index >= 15 is 0 Å². The molecule has 0 saturated carbocycles. The number of nitrogens with one attached hydrogen (secondary N) is 1. The Hall–Kier alpha value is -2.24. The highest BCUT2D eigenvalue weighted by Crippen LogP contribution is 2.12. The van der Waals surface area contributed by atoms with Crippen molar-refractivity contribution in [1.82, 2.24) is 5.32 Å². The van der Waals surface area contributed by atoms with E-state index in [9.17, 15) is 4.79 Å². The molecule has 6 nitrogen and oxygen atoms in total. The lowest BCUT2D eigenvalue weighted by Crippen LogP contribution is -2.42. The fourth-order valence-corrected chi connectivity index (χ4v) is 1.48. The maximum Gasteiger partial charge on any atom is 0.251 e. The van der Waals surface area contributed by atoms with E-state index in [1.165, 1.54) is 0 Å². The zero-order chi connectivity index (χ0) is 15.0. The van der Waals surface area contributed by atoms with E-state index in [0.717, 1.165) is 18.6 Å².